The number of urea groups is 1. The van der Waals surface area contributed by atoms with E-state index in [1.807, 2.05) is 6.07 Å². The van der Waals surface area contributed by atoms with Gasteiger partial charge in [-0.2, -0.15) is 18.4 Å². The van der Waals surface area contributed by atoms with Gasteiger partial charge in [0.15, 0.2) is 0 Å². The van der Waals surface area contributed by atoms with E-state index < -0.39 is 18.1 Å². The number of anilines is 1. The zero-order valence-corrected chi connectivity index (χ0v) is 11.2. The van der Waals surface area contributed by atoms with Crippen LogP contribution in [-0.2, 0) is 0 Å². The number of nitrogens with zero attached hydrogens (tertiary/aromatic N) is 2. The minimum Gasteiger partial charge on any atom is -0.324 e. The summed E-state index contributed by atoms with van der Waals surface area (Å²) in [4.78, 5) is 13.2. The highest BCUT2D eigenvalue weighted by Crippen LogP contribution is 2.33. The largest absolute Gasteiger partial charge is 0.393 e. The summed E-state index contributed by atoms with van der Waals surface area (Å²) in [6.45, 7) is -0.0242. The summed E-state index contributed by atoms with van der Waals surface area (Å²) in [5, 5.41) is 11.3. The molecule has 1 heterocycles. The van der Waals surface area contributed by atoms with Crippen molar-refractivity contribution in [1.29, 1.82) is 5.26 Å². The van der Waals surface area contributed by atoms with Crippen molar-refractivity contribution in [1.82, 2.24) is 4.90 Å². The zero-order chi connectivity index (χ0) is 15.5. The second-order valence-corrected chi connectivity index (χ2v) is 4.95. The Balaban J connectivity index is 2.01. The number of alkyl halides is 3. The average Bonchev–Trinajstić information content (AvgIpc) is 2.46. The quantitative estimate of drug-likeness (QED) is 0.864. The van der Waals surface area contributed by atoms with Crippen LogP contribution in [0.5, 0.6) is 0 Å². The van der Waals surface area contributed by atoms with Crippen LogP contribution in [0.15, 0.2) is 24.3 Å². The van der Waals surface area contributed by atoms with Gasteiger partial charge in [-0.3, -0.25) is 0 Å². The first kappa shape index (κ1) is 15.2. The van der Waals surface area contributed by atoms with E-state index in [-0.39, 0.29) is 13.0 Å². The van der Waals surface area contributed by atoms with Gasteiger partial charge in [0.05, 0.1) is 17.6 Å². The Morgan fingerprint density at radius 3 is 2.86 bits per heavy atom. The summed E-state index contributed by atoms with van der Waals surface area (Å²) < 4.78 is 38.1. The molecule has 1 aliphatic rings. The first-order valence-electron chi connectivity index (χ1n) is 6.53. The SMILES string of the molecule is N#Cc1cccc(NC(=O)N2CCCC(C(F)(F)F)C2)c1. The number of likely N-dealkylation sites (tertiary alicyclic amines) is 1. The van der Waals surface area contributed by atoms with E-state index in [1.54, 1.807) is 18.2 Å². The molecule has 1 saturated heterocycles. The van der Waals surface area contributed by atoms with Crippen LogP contribution >= 0.6 is 0 Å². The number of piperidine rings is 1. The van der Waals surface area contributed by atoms with E-state index >= 15 is 0 Å². The van der Waals surface area contributed by atoms with Gasteiger partial charge < -0.3 is 10.2 Å². The van der Waals surface area contributed by atoms with E-state index in [2.05, 4.69) is 5.32 Å². The number of halogens is 3. The van der Waals surface area contributed by atoms with Gasteiger partial charge in [0.25, 0.3) is 0 Å². The second kappa shape index (κ2) is 6.04. The van der Waals surface area contributed by atoms with Crippen LogP contribution in [0.25, 0.3) is 0 Å². The van der Waals surface area contributed by atoms with E-state index in [9.17, 15) is 18.0 Å². The third kappa shape index (κ3) is 3.88. The van der Waals surface area contributed by atoms with Gasteiger partial charge in [-0.1, -0.05) is 6.07 Å². The van der Waals surface area contributed by atoms with E-state index in [4.69, 9.17) is 5.26 Å². The molecule has 1 aromatic carbocycles. The Morgan fingerprint density at radius 1 is 1.43 bits per heavy atom. The van der Waals surface area contributed by atoms with Crippen molar-refractivity contribution in [2.75, 3.05) is 18.4 Å². The van der Waals surface area contributed by atoms with E-state index in [0.29, 0.717) is 24.2 Å². The topological polar surface area (TPSA) is 56.1 Å². The van der Waals surface area contributed by atoms with Gasteiger partial charge in [-0.15, -0.1) is 0 Å². The van der Waals surface area contributed by atoms with Gasteiger partial charge in [0, 0.05) is 18.8 Å². The molecule has 0 aromatic heterocycles. The molecule has 2 rings (SSSR count). The van der Waals surface area contributed by atoms with Gasteiger partial charge in [0.2, 0.25) is 0 Å². The molecule has 4 nitrogen and oxygen atoms in total. The molecule has 0 saturated carbocycles. The van der Waals surface area contributed by atoms with Gasteiger partial charge in [-0.25, -0.2) is 4.79 Å². The maximum Gasteiger partial charge on any atom is 0.393 e. The zero-order valence-electron chi connectivity index (χ0n) is 11.2. The summed E-state index contributed by atoms with van der Waals surface area (Å²) in [6.07, 6.45) is -3.90. The number of hydrogen-bond donors (Lipinski definition) is 1. The fourth-order valence-corrected chi connectivity index (χ4v) is 2.30. The summed E-state index contributed by atoms with van der Waals surface area (Å²) in [7, 11) is 0. The number of hydrogen-bond acceptors (Lipinski definition) is 2. The molecule has 1 unspecified atom stereocenters. The molecule has 1 aliphatic heterocycles. The predicted octanol–water partition coefficient (Wildman–Crippen LogP) is 3.36. The van der Waals surface area contributed by atoms with E-state index in [1.165, 1.54) is 11.0 Å². The highest BCUT2D eigenvalue weighted by molar-refractivity contribution is 5.89. The van der Waals surface area contributed by atoms with Crippen molar-refractivity contribution in [3.05, 3.63) is 29.8 Å². The Kier molecular flexibility index (Phi) is 4.36. The van der Waals surface area contributed by atoms with Gasteiger partial charge in [-0.05, 0) is 31.0 Å². The molecule has 7 heteroatoms. The normalized spacial score (nSPS) is 19.0. The average molecular weight is 297 g/mol. The summed E-state index contributed by atoms with van der Waals surface area (Å²) in [5.41, 5.74) is 0.771. The van der Waals surface area contributed by atoms with Crippen molar-refractivity contribution in [3.8, 4) is 6.07 Å². The Morgan fingerprint density at radius 2 is 2.19 bits per heavy atom. The lowest BCUT2D eigenvalue weighted by atomic mass is 9.98. The fourth-order valence-electron chi connectivity index (χ4n) is 2.30. The highest BCUT2D eigenvalue weighted by atomic mass is 19.4. The van der Waals surface area contributed by atoms with Crippen molar-refractivity contribution in [2.45, 2.75) is 19.0 Å². The lowest BCUT2D eigenvalue weighted by molar-refractivity contribution is -0.183. The van der Waals surface area contributed by atoms with Gasteiger partial charge in [0.1, 0.15) is 0 Å². The first-order valence-corrected chi connectivity index (χ1v) is 6.53. The van der Waals surface area contributed by atoms with Crippen LogP contribution in [0, 0.1) is 17.2 Å². The number of nitrogens with one attached hydrogen (secondary N) is 1. The monoisotopic (exact) mass is 297 g/mol. The smallest absolute Gasteiger partial charge is 0.324 e. The van der Waals surface area contributed by atoms with Crippen molar-refractivity contribution in [2.24, 2.45) is 5.92 Å². The number of carbonyl (C=O) groups is 1. The predicted molar refractivity (Wildman–Crippen MR) is 70.5 cm³/mol. The fraction of sp³-hybridized carbons (Fsp3) is 0.429. The number of benzene rings is 1. The van der Waals surface area contributed by atoms with Crippen LogP contribution in [0.4, 0.5) is 23.7 Å². The third-order valence-corrected chi connectivity index (χ3v) is 3.41. The minimum atomic E-state index is -4.28. The highest BCUT2D eigenvalue weighted by Gasteiger charge is 2.42. The summed E-state index contributed by atoms with van der Waals surface area (Å²) in [6, 6.07) is 7.61. The maximum absolute atomic E-state index is 12.7. The van der Waals surface area contributed by atoms with Crippen LogP contribution in [0.1, 0.15) is 18.4 Å². The Hall–Kier alpha value is -2.23. The van der Waals surface area contributed by atoms with Crippen LogP contribution in [0.3, 0.4) is 0 Å². The van der Waals surface area contributed by atoms with Crippen LogP contribution in [0.2, 0.25) is 0 Å². The summed E-state index contributed by atoms with van der Waals surface area (Å²) in [5.74, 6) is -1.47. The Labute approximate surface area is 120 Å². The van der Waals surface area contributed by atoms with E-state index in [0.717, 1.165) is 0 Å². The molecule has 1 fully saturated rings. The molecule has 0 aliphatic carbocycles. The standard InChI is InChI=1S/C14H14F3N3O/c15-14(16,17)11-4-2-6-20(9-11)13(21)19-12-5-1-3-10(7-12)8-18/h1,3,5,7,11H,2,4,6,9H2,(H,19,21). The number of nitriles is 1. The van der Waals surface area contributed by atoms with Crippen molar-refractivity contribution >= 4 is 11.7 Å². The van der Waals surface area contributed by atoms with Crippen LogP contribution < -0.4 is 5.32 Å². The first-order chi connectivity index (χ1) is 9.90. The Bertz CT molecular complexity index is 565. The molecule has 0 radical (unpaired) electrons. The lowest BCUT2D eigenvalue weighted by Crippen LogP contribution is -2.46. The molecule has 0 spiro atoms. The molecular weight excluding hydrogens is 283 g/mol. The van der Waals surface area contributed by atoms with Crippen molar-refractivity contribution in [3.63, 3.8) is 0 Å². The summed E-state index contributed by atoms with van der Waals surface area (Å²) >= 11 is 0. The van der Waals surface area contributed by atoms with Gasteiger partial charge >= 0.3 is 12.2 Å². The molecule has 2 amide bonds. The number of rotatable bonds is 1. The van der Waals surface area contributed by atoms with Crippen LogP contribution in [-0.4, -0.2) is 30.2 Å². The maximum atomic E-state index is 12.7. The lowest BCUT2D eigenvalue weighted by Gasteiger charge is -2.33. The van der Waals surface area contributed by atoms with Crippen molar-refractivity contribution < 1.29 is 18.0 Å². The molecule has 21 heavy (non-hydrogen) atoms. The molecule has 1 aromatic rings. The number of carbonyl (C=O) groups excluding carboxylic acids is 1. The second-order valence-electron chi connectivity index (χ2n) is 4.95. The third-order valence-electron chi connectivity index (χ3n) is 3.41. The molecular formula is C14H14F3N3O. The molecule has 1 atom stereocenters. The molecule has 0 bridgehead atoms. The molecule has 1 N–H and O–H groups in total. The minimum absolute atomic E-state index is 0.0528. The molecule has 112 valence electrons. The number of amides is 2.